The van der Waals surface area contributed by atoms with E-state index in [0.717, 1.165) is 6.07 Å². The van der Waals surface area contributed by atoms with Crippen LogP contribution in [0.15, 0.2) is 42.5 Å². The zero-order valence-electron chi connectivity index (χ0n) is 12.4. The highest BCUT2D eigenvalue weighted by Crippen LogP contribution is 2.32. The molecule has 0 unspecified atom stereocenters. The van der Waals surface area contributed by atoms with Crippen LogP contribution in [0.1, 0.15) is 10.4 Å². The van der Waals surface area contributed by atoms with Gasteiger partial charge in [-0.1, -0.05) is 23.9 Å². The summed E-state index contributed by atoms with van der Waals surface area (Å²) in [6.45, 7) is -0.113. The fourth-order valence-electron chi connectivity index (χ4n) is 1.78. The molecule has 0 fully saturated rings. The molecule has 0 aliphatic heterocycles. The van der Waals surface area contributed by atoms with Gasteiger partial charge in [0.1, 0.15) is 23.2 Å². The van der Waals surface area contributed by atoms with E-state index in [0.29, 0.717) is 5.75 Å². The maximum absolute atomic E-state index is 11.9. The summed E-state index contributed by atoms with van der Waals surface area (Å²) < 4.78 is 16.0. The van der Waals surface area contributed by atoms with Crippen molar-refractivity contribution in [3.63, 3.8) is 0 Å². The van der Waals surface area contributed by atoms with Crippen LogP contribution in [0, 0.1) is 0 Å². The number of carboxylic acid groups (broad SMARTS) is 1. The number of hydrogen-bond donors (Lipinski definition) is 1. The molecular weight excluding hydrogens is 320 g/mol. The van der Waals surface area contributed by atoms with Gasteiger partial charge in [0, 0.05) is 6.07 Å². The Balaban J connectivity index is 2.09. The predicted molar refractivity (Wildman–Crippen MR) is 84.4 cm³/mol. The number of carboxylic acids is 1. The van der Waals surface area contributed by atoms with Gasteiger partial charge < -0.3 is 24.4 Å². The Morgan fingerprint density at radius 3 is 2.48 bits per heavy atom. The first-order valence-electron chi connectivity index (χ1n) is 6.62. The Labute approximate surface area is 137 Å². The molecule has 122 valence electrons. The fraction of sp³-hybridized carbons (Fsp3) is 0.188. The van der Waals surface area contributed by atoms with Crippen LogP contribution in [-0.2, 0) is 0 Å². The number of hydrogen-bond acceptors (Lipinski definition) is 6. The SMILES string of the molecule is CSCOc1cc(OCOc2ccccc2)cc([O-])c1C(=O)O. The van der Waals surface area contributed by atoms with Gasteiger partial charge in [-0.05, 0) is 24.5 Å². The predicted octanol–water partition coefficient (Wildman–Crippen LogP) is 2.57. The van der Waals surface area contributed by atoms with E-state index in [2.05, 4.69) is 0 Å². The molecule has 0 bridgehead atoms. The molecule has 0 radical (unpaired) electrons. The number of ether oxygens (including phenoxy) is 3. The average molecular weight is 335 g/mol. The van der Waals surface area contributed by atoms with Gasteiger partial charge in [0.2, 0.25) is 6.79 Å². The van der Waals surface area contributed by atoms with E-state index in [1.807, 2.05) is 18.2 Å². The maximum atomic E-state index is 11.9. The first-order valence-corrected chi connectivity index (χ1v) is 8.02. The third kappa shape index (κ3) is 4.72. The average Bonchev–Trinajstić information content (AvgIpc) is 2.53. The zero-order chi connectivity index (χ0) is 16.7. The van der Waals surface area contributed by atoms with Gasteiger partial charge in [0.15, 0.2) is 0 Å². The molecule has 0 atom stereocenters. The number of benzene rings is 2. The fourth-order valence-corrected chi connectivity index (χ4v) is 2.02. The zero-order valence-corrected chi connectivity index (χ0v) is 13.2. The molecule has 23 heavy (non-hydrogen) atoms. The summed E-state index contributed by atoms with van der Waals surface area (Å²) >= 11 is 1.36. The molecule has 7 heteroatoms. The summed E-state index contributed by atoms with van der Waals surface area (Å²) in [5.41, 5.74) is -0.407. The second-order valence-electron chi connectivity index (χ2n) is 4.37. The van der Waals surface area contributed by atoms with E-state index in [4.69, 9.17) is 19.3 Å². The van der Waals surface area contributed by atoms with Gasteiger partial charge >= 0.3 is 5.97 Å². The van der Waals surface area contributed by atoms with Crippen LogP contribution in [0.3, 0.4) is 0 Å². The molecule has 0 aliphatic rings. The van der Waals surface area contributed by atoms with Crippen LogP contribution in [0.4, 0.5) is 0 Å². The van der Waals surface area contributed by atoms with E-state index in [-0.39, 0.29) is 24.2 Å². The van der Waals surface area contributed by atoms with Gasteiger partial charge in [-0.25, -0.2) is 4.79 Å². The largest absolute Gasteiger partial charge is 0.872 e. The topological polar surface area (TPSA) is 88.0 Å². The lowest BCUT2D eigenvalue weighted by molar-refractivity contribution is -0.269. The van der Waals surface area contributed by atoms with Crippen LogP contribution in [-0.4, -0.2) is 30.1 Å². The monoisotopic (exact) mass is 335 g/mol. The minimum atomic E-state index is -1.34. The van der Waals surface area contributed by atoms with Crippen LogP contribution in [0.2, 0.25) is 0 Å². The second-order valence-corrected chi connectivity index (χ2v) is 5.18. The maximum Gasteiger partial charge on any atom is 0.338 e. The highest BCUT2D eigenvalue weighted by molar-refractivity contribution is 7.98. The van der Waals surface area contributed by atoms with E-state index in [1.54, 1.807) is 18.4 Å². The Bertz CT molecular complexity index is 659. The highest BCUT2D eigenvalue weighted by atomic mass is 32.2. The van der Waals surface area contributed by atoms with Crippen molar-refractivity contribution < 1.29 is 29.2 Å². The quantitative estimate of drug-likeness (QED) is 0.742. The van der Waals surface area contributed by atoms with Gasteiger partial charge in [-0.2, -0.15) is 0 Å². The number of aromatic carboxylic acids is 1. The molecule has 2 rings (SSSR count). The number of rotatable bonds is 8. The Morgan fingerprint density at radius 1 is 1.13 bits per heavy atom. The molecule has 1 N–H and O–H groups in total. The molecule has 0 heterocycles. The van der Waals surface area contributed by atoms with Crippen LogP contribution >= 0.6 is 11.8 Å². The van der Waals surface area contributed by atoms with Gasteiger partial charge in [0.25, 0.3) is 0 Å². The number of para-hydroxylation sites is 1. The molecule has 0 saturated heterocycles. The summed E-state index contributed by atoms with van der Waals surface area (Å²) in [4.78, 5) is 11.2. The van der Waals surface area contributed by atoms with Crippen molar-refractivity contribution in [3.8, 4) is 23.0 Å². The second kappa shape index (κ2) is 8.19. The van der Waals surface area contributed by atoms with Crippen LogP contribution < -0.4 is 19.3 Å². The lowest BCUT2D eigenvalue weighted by atomic mass is 10.1. The standard InChI is InChI=1S/C16H16O6S/c1-23-10-22-14-8-12(7-13(17)15(14)16(18)19)21-9-20-11-5-3-2-4-6-11/h2-8,17H,9-10H2,1H3,(H,18,19)/p-1. The van der Waals surface area contributed by atoms with Crippen molar-refractivity contribution in [1.29, 1.82) is 0 Å². The van der Waals surface area contributed by atoms with E-state index < -0.39 is 17.3 Å². The van der Waals surface area contributed by atoms with Crippen LogP contribution in [0.5, 0.6) is 23.0 Å². The molecule has 0 aliphatic carbocycles. The van der Waals surface area contributed by atoms with E-state index in [1.165, 1.54) is 17.8 Å². The Hall–Kier alpha value is -2.54. The van der Waals surface area contributed by atoms with Crippen LogP contribution in [0.25, 0.3) is 0 Å². The van der Waals surface area contributed by atoms with E-state index >= 15 is 0 Å². The first kappa shape index (κ1) is 16.8. The first-order chi connectivity index (χ1) is 11.1. The van der Waals surface area contributed by atoms with Crippen molar-refractivity contribution in [2.45, 2.75) is 0 Å². The van der Waals surface area contributed by atoms with Crippen molar-refractivity contribution in [3.05, 3.63) is 48.0 Å². The summed E-state index contributed by atoms with van der Waals surface area (Å²) in [7, 11) is 0. The van der Waals surface area contributed by atoms with E-state index in [9.17, 15) is 9.90 Å². The summed E-state index contributed by atoms with van der Waals surface area (Å²) in [6, 6.07) is 11.5. The molecule has 0 saturated carbocycles. The lowest BCUT2D eigenvalue weighted by Gasteiger charge is -2.18. The third-order valence-corrected chi connectivity index (χ3v) is 3.13. The normalized spacial score (nSPS) is 10.1. The highest BCUT2D eigenvalue weighted by Gasteiger charge is 2.14. The van der Waals surface area contributed by atoms with Crippen molar-refractivity contribution >= 4 is 17.7 Å². The minimum absolute atomic E-state index is 0.0194. The Morgan fingerprint density at radius 2 is 1.83 bits per heavy atom. The molecule has 2 aromatic carbocycles. The van der Waals surface area contributed by atoms with Crippen molar-refractivity contribution in [1.82, 2.24) is 0 Å². The van der Waals surface area contributed by atoms with Gasteiger partial charge in [-0.15, -0.1) is 11.8 Å². The van der Waals surface area contributed by atoms with Crippen molar-refractivity contribution in [2.75, 3.05) is 19.0 Å². The van der Waals surface area contributed by atoms with Crippen molar-refractivity contribution in [2.24, 2.45) is 0 Å². The van der Waals surface area contributed by atoms with Gasteiger partial charge in [-0.3, -0.25) is 0 Å². The third-order valence-electron chi connectivity index (χ3n) is 2.78. The molecule has 0 spiro atoms. The smallest absolute Gasteiger partial charge is 0.338 e. The summed E-state index contributed by atoms with van der Waals surface area (Å²) in [5.74, 6) is -0.995. The summed E-state index contributed by atoms with van der Waals surface area (Å²) in [5, 5.41) is 21.0. The molecule has 0 amide bonds. The number of carbonyl (C=O) groups is 1. The number of thioether (sulfide) groups is 1. The lowest BCUT2D eigenvalue weighted by Crippen LogP contribution is -2.10. The molecule has 0 aromatic heterocycles. The molecule has 6 nitrogen and oxygen atoms in total. The minimum Gasteiger partial charge on any atom is -0.872 e. The molecular formula is C16H15O6S-. The molecule has 2 aromatic rings. The Kier molecular flexibility index (Phi) is 5.99. The van der Waals surface area contributed by atoms with Gasteiger partial charge in [0.05, 0.1) is 5.56 Å². The summed E-state index contributed by atoms with van der Waals surface area (Å²) in [6.07, 6.45) is 1.80.